The zero-order chi connectivity index (χ0) is 19.6. The van der Waals surface area contributed by atoms with Crippen molar-refractivity contribution in [1.82, 2.24) is 15.1 Å². The highest BCUT2D eigenvalue weighted by Gasteiger charge is 2.37. The summed E-state index contributed by atoms with van der Waals surface area (Å²) in [6.45, 7) is 5.05. The first-order valence-electron chi connectivity index (χ1n) is 9.01. The Hall–Kier alpha value is -2.09. The summed E-state index contributed by atoms with van der Waals surface area (Å²) in [5.74, 6) is 0.216. The number of nitrogens with one attached hydrogen (secondary N) is 2. The molecule has 0 atom stereocenters. The van der Waals surface area contributed by atoms with E-state index in [4.69, 9.17) is 12.2 Å². The van der Waals surface area contributed by atoms with E-state index in [1.165, 1.54) is 16.3 Å². The zero-order valence-electron chi connectivity index (χ0n) is 15.4. The van der Waals surface area contributed by atoms with Crippen molar-refractivity contribution in [1.29, 1.82) is 0 Å². The molecule has 1 aliphatic rings. The lowest BCUT2D eigenvalue weighted by Crippen LogP contribution is -2.30. The van der Waals surface area contributed by atoms with Crippen LogP contribution < -0.4 is 10.6 Å². The smallest absolute Gasteiger partial charge is 0.362 e. The lowest BCUT2D eigenvalue weighted by Gasteiger charge is -2.14. The molecule has 1 aromatic heterocycles. The van der Waals surface area contributed by atoms with Crippen LogP contribution in [0.5, 0.6) is 0 Å². The van der Waals surface area contributed by atoms with Crippen LogP contribution >= 0.6 is 12.2 Å². The van der Waals surface area contributed by atoms with E-state index in [-0.39, 0.29) is 5.92 Å². The van der Waals surface area contributed by atoms with Crippen molar-refractivity contribution in [3.63, 3.8) is 0 Å². The summed E-state index contributed by atoms with van der Waals surface area (Å²) in [5, 5.41) is 10.5. The predicted octanol–water partition coefficient (Wildman–Crippen LogP) is 4.77. The molecular formula is C19H23F3N4S. The van der Waals surface area contributed by atoms with E-state index in [9.17, 15) is 13.2 Å². The minimum Gasteiger partial charge on any atom is -0.362 e. The number of halogens is 3. The van der Waals surface area contributed by atoms with E-state index in [0.29, 0.717) is 30.3 Å². The molecule has 1 heterocycles. The molecule has 3 rings (SSSR count). The van der Waals surface area contributed by atoms with E-state index < -0.39 is 11.9 Å². The first kappa shape index (κ1) is 19.7. The summed E-state index contributed by atoms with van der Waals surface area (Å²) in [4.78, 5) is 0. The van der Waals surface area contributed by atoms with E-state index in [1.807, 2.05) is 32.0 Å². The highest BCUT2D eigenvalue weighted by molar-refractivity contribution is 7.80. The molecule has 146 valence electrons. The predicted molar refractivity (Wildman–Crippen MR) is 104 cm³/mol. The Morgan fingerprint density at radius 2 is 2.04 bits per heavy atom. The number of benzene rings is 1. The molecule has 1 saturated carbocycles. The number of aryl methyl sites for hydroxylation is 2. The maximum absolute atomic E-state index is 12.9. The fourth-order valence-corrected chi connectivity index (χ4v) is 3.15. The quantitative estimate of drug-likeness (QED) is 0.545. The van der Waals surface area contributed by atoms with Gasteiger partial charge >= 0.3 is 6.18 Å². The maximum Gasteiger partial charge on any atom is 0.435 e. The van der Waals surface area contributed by atoms with Gasteiger partial charge in [-0.3, -0.25) is 4.68 Å². The topological polar surface area (TPSA) is 41.9 Å². The third-order valence-corrected chi connectivity index (χ3v) is 5.03. The number of hydrogen-bond acceptors (Lipinski definition) is 2. The van der Waals surface area contributed by atoms with Crippen molar-refractivity contribution >= 4 is 23.0 Å². The van der Waals surface area contributed by atoms with E-state index in [1.54, 1.807) is 0 Å². The fourth-order valence-electron chi connectivity index (χ4n) is 2.94. The highest BCUT2D eigenvalue weighted by Crippen LogP contribution is 2.42. The van der Waals surface area contributed by atoms with Crippen molar-refractivity contribution < 1.29 is 13.2 Å². The molecule has 0 amide bonds. The van der Waals surface area contributed by atoms with Crippen molar-refractivity contribution in [2.45, 2.75) is 51.7 Å². The standard InChI is InChI=1S/C19H23F3N4S/c1-12-5-3-6-15(13(12)2)24-18(27)23-9-4-10-26-16(14-7-8-14)11-17(25-26)19(20,21)22/h3,5-6,11,14H,4,7-10H2,1-2H3,(H2,23,24,27). The number of nitrogens with zero attached hydrogens (tertiary/aromatic N) is 2. The summed E-state index contributed by atoms with van der Waals surface area (Å²) in [7, 11) is 0. The minimum atomic E-state index is -4.40. The van der Waals surface area contributed by atoms with Gasteiger partial charge in [-0.1, -0.05) is 12.1 Å². The third kappa shape index (κ3) is 5.00. The van der Waals surface area contributed by atoms with Gasteiger partial charge in [0.25, 0.3) is 0 Å². The Kier molecular flexibility index (Phi) is 5.74. The van der Waals surface area contributed by atoms with Gasteiger partial charge in [-0.25, -0.2) is 0 Å². The van der Waals surface area contributed by atoms with Crippen LogP contribution in [0, 0.1) is 13.8 Å². The number of alkyl halides is 3. The molecule has 0 saturated heterocycles. The number of hydrogen-bond donors (Lipinski definition) is 2. The summed E-state index contributed by atoms with van der Waals surface area (Å²) in [6, 6.07) is 7.15. The van der Waals surface area contributed by atoms with E-state index >= 15 is 0 Å². The van der Waals surface area contributed by atoms with Gasteiger partial charge in [0.2, 0.25) is 0 Å². The number of thiocarbonyl (C=S) groups is 1. The lowest BCUT2D eigenvalue weighted by molar-refractivity contribution is -0.141. The van der Waals surface area contributed by atoms with Crippen LogP contribution in [0.4, 0.5) is 18.9 Å². The van der Waals surface area contributed by atoms with Crippen LogP contribution in [0.1, 0.15) is 47.7 Å². The number of anilines is 1. The molecule has 0 unspecified atom stereocenters. The minimum absolute atomic E-state index is 0.216. The second-order valence-corrected chi connectivity index (χ2v) is 7.34. The zero-order valence-corrected chi connectivity index (χ0v) is 16.2. The molecule has 27 heavy (non-hydrogen) atoms. The Balaban J connectivity index is 1.51. The Morgan fingerprint density at radius 1 is 1.30 bits per heavy atom. The van der Waals surface area contributed by atoms with Crippen LogP contribution in [0.3, 0.4) is 0 Å². The molecule has 1 aliphatic carbocycles. The molecule has 2 N–H and O–H groups in total. The van der Waals surface area contributed by atoms with Crippen LogP contribution in [0.2, 0.25) is 0 Å². The summed E-state index contributed by atoms with van der Waals surface area (Å²) in [5.41, 5.74) is 3.15. The molecule has 4 nitrogen and oxygen atoms in total. The Morgan fingerprint density at radius 3 is 2.70 bits per heavy atom. The molecule has 8 heteroatoms. The molecule has 1 fully saturated rings. The second-order valence-electron chi connectivity index (χ2n) is 6.93. The summed E-state index contributed by atoms with van der Waals surface area (Å²) >= 11 is 5.31. The molecule has 0 bridgehead atoms. The first-order chi connectivity index (χ1) is 12.8. The molecule has 0 spiro atoms. The molecule has 0 radical (unpaired) electrons. The first-order valence-corrected chi connectivity index (χ1v) is 9.42. The fraction of sp³-hybridized carbons (Fsp3) is 0.474. The lowest BCUT2D eigenvalue weighted by atomic mass is 10.1. The van der Waals surface area contributed by atoms with Gasteiger partial charge in [0.05, 0.1) is 0 Å². The van der Waals surface area contributed by atoms with E-state index in [0.717, 1.165) is 24.1 Å². The number of rotatable bonds is 6. The van der Waals surface area contributed by atoms with Crippen LogP contribution in [-0.2, 0) is 12.7 Å². The molecule has 1 aromatic carbocycles. The third-order valence-electron chi connectivity index (χ3n) is 4.78. The second kappa shape index (κ2) is 7.88. The van der Waals surface area contributed by atoms with Gasteiger partial charge in [-0.15, -0.1) is 0 Å². The average molecular weight is 396 g/mol. The normalized spacial score (nSPS) is 14.3. The SMILES string of the molecule is Cc1cccc(NC(=S)NCCCn2nc(C(F)(F)F)cc2C2CC2)c1C. The molecule has 2 aromatic rings. The van der Waals surface area contributed by atoms with Gasteiger partial charge in [0.1, 0.15) is 0 Å². The average Bonchev–Trinajstić information content (AvgIpc) is 3.34. The van der Waals surface area contributed by atoms with E-state index in [2.05, 4.69) is 15.7 Å². The van der Waals surface area contributed by atoms with Gasteiger partial charge in [-0.2, -0.15) is 18.3 Å². The van der Waals surface area contributed by atoms with Crippen molar-refractivity contribution in [3.05, 3.63) is 46.8 Å². The summed E-state index contributed by atoms with van der Waals surface area (Å²) in [6.07, 6.45) is -1.90. The summed E-state index contributed by atoms with van der Waals surface area (Å²) < 4.78 is 40.2. The Bertz CT molecular complexity index is 825. The highest BCUT2D eigenvalue weighted by atomic mass is 32.1. The monoisotopic (exact) mass is 396 g/mol. The van der Waals surface area contributed by atoms with Gasteiger partial charge in [0.15, 0.2) is 10.8 Å². The maximum atomic E-state index is 12.9. The molecule has 0 aliphatic heterocycles. The van der Waals surface area contributed by atoms with Crippen molar-refractivity contribution in [3.8, 4) is 0 Å². The van der Waals surface area contributed by atoms with Gasteiger partial charge in [0, 0.05) is 30.4 Å². The van der Waals surface area contributed by atoms with Crippen molar-refractivity contribution in [2.75, 3.05) is 11.9 Å². The number of aromatic nitrogens is 2. The van der Waals surface area contributed by atoms with Crippen LogP contribution in [0.25, 0.3) is 0 Å². The van der Waals surface area contributed by atoms with Gasteiger partial charge < -0.3 is 10.6 Å². The molecular weight excluding hydrogens is 373 g/mol. The van der Waals surface area contributed by atoms with Crippen molar-refractivity contribution in [2.24, 2.45) is 0 Å². The van der Waals surface area contributed by atoms with Gasteiger partial charge in [-0.05, 0) is 68.6 Å². The Labute approximate surface area is 162 Å². The van der Waals surface area contributed by atoms with Crippen LogP contribution in [0.15, 0.2) is 24.3 Å². The van der Waals surface area contributed by atoms with Crippen LogP contribution in [-0.4, -0.2) is 21.4 Å². The largest absolute Gasteiger partial charge is 0.435 e.